The quantitative estimate of drug-likeness (QED) is 0.796. The van der Waals surface area contributed by atoms with Gasteiger partial charge < -0.3 is 14.6 Å². The van der Waals surface area contributed by atoms with Crippen LogP contribution in [0.25, 0.3) is 0 Å². The van der Waals surface area contributed by atoms with Gasteiger partial charge in [0.2, 0.25) is 5.88 Å². The molecule has 1 aromatic heterocycles. The van der Waals surface area contributed by atoms with Gasteiger partial charge in [-0.3, -0.25) is 0 Å². The van der Waals surface area contributed by atoms with E-state index in [1.54, 1.807) is 12.1 Å². The summed E-state index contributed by atoms with van der Waals surface area (Å²) in [5.74, 6) is 0.974. The Labute approximate surface area is 87.4 Å². The molecule has 0 bridgehead atoms. The molecule has 1 aliphatic heterocycles. The van der Waals surface area contributed by atoms with Gasteiger partial charge in [-0.05, 0) is 12.1 Å². The molecule has 5 heteroatoms. The first-order valence-corrected chi connectivity index (χ1v) is 4.70. The van der Waals surface area contributed by atoms with E-state index in [1.807, 2.05) is 6.08 Å². The van der Waals surface area contributed by atoms with Crippen molar-refractivity contribution in [2.75, 3.05) is 13.7 Å². The van der Waals surface area contributed by atoms with Crippen LogP contribution in [-0.4, -0.2) is 29.0 Å². The molecule has 0 spiro atoms. The Balaban J connectivity index is 2.14. The minimum absolute atomic E-state index is 0.423. The Hall–Kier alpha value is -1.62. The van der Waals surface area contributed by atoms with Gasteiger partial charge in [0.25, 0.3) is 0 Å². The normalized spacial score (nSPS) is 16.8. The van der Waals surface area contributed by atoms with Crippen LogP contribution in [0, 0.1) is 0 Å². The predicted molar refractivity (Wildman–Crippen MR) is 52.2 cm³/mol. The second kappa shape index (κ2) is 4.27. The fraction of sp³-hybridized carbons (Fsp3) is 0.400. The second-order valence-electron chi connectivity index (χ2n) is 3.15. The summed E-state index contributed by atoms with van der Waals surface area (Å²) in [4.78, 5) is 0. The van der Waals surface area contributed by atoms with Gasteiger partial charge in [-0.2, -0.15) is 0 Å². The molecule has 0 fully saturated rings. The molecule has 0 saturated carbocycles. The third-order valence-corrected chi connectivity index (χ3v) is 2.15. The Morgan fingerprint density at radius 3 is 2.87 bits per heavy atom. The summed E-state index contributed by atoms with van der Waals surface area (Å²) in [6.07, 6.45) is 1.86. The molecule has 5 nitrogen and oxygen atoms in total. The van der Waals surface area contributed by atoms with Crippen molar-refractivity contribution in [1.82, 2.24) is 10.2 Å². The van der Waals surface area contributed by atoms with E-state index < -0.39 is 6.10 Å². The van der Waals surface area contributed by atoms with Crippen LogP contribution in [-0.2, 0) is 4.74 Å². The topological polar surface area (TPSA) is 64.5 Å². The zero-order chi connectivity index (χ0) is 10.7. The lowest BCUT2D eigenvalue weighted by Crippen LogP contribution is -2.06. The van der Waals surface area contributed by atoms with E-state index in [9.17, 15) is 5.11 Å². The zero-order valence-corrected chi connectivity index (χ0v) is 8.38. The monoisotopic (exact) mass is 208 g/mol. The van der Waals surface area contributed by atoms with Crippen LogP contribution < -0.4 is 4.74 Å². The van der Waals surface area contributed by atoms with Gasteiger partial charge in [0.15, 0.2) is 6.10 Å². The minimum atomic E-state index is -0.828. The molecular formula is C10H12N2O3. The Morgan fingerprint density at radius 2 is 2.33 bits per heavy atom. The van der Waals surface area contributed by atoms with Crippen molar-refractivity contribution in [2.45, 2.75) is 12.5 Å². The summed E-state index contributed by atoms with van der Waals surface area (Å²) in [6.45, 7) is 0.621. The highest BCUT2D eigenvalue weighted by atomic mass is 16.5. The number of methoxy groups -OCH3 is 1. The fourth-order valence-corrected chi connectivity index (χ4v) is 1.36. The summed E-state index contributed by atoms with van der Waals surface area (Å²) in [7, 11) is 1.52. The standard InChI is InChI=1S/C10H12N2O3/c1-14-9-5-4-7(11-12-9)10(13)8-3-2-6-15-8/h3-5,10,13H,2,6H2,1H3. The highest BCUT2D eigenvalue weighted by Gasteiger charge is 2.19. The van der Waals surface area contributed by atoms with Crippen LogP contribution in [0.4, 0.5) is 0 Å². The molecule has 1 N–H and O–H groups in total. The molecule has 1 aliphatic rings. The average Bonchev–Trinajstić information content (AvgIpc) is 2.82. The number of aliphatic hydroxyl groups excluding tert-OH is 1. The van der Waals surface area contributed by atoms with Crippen LogP contribution in [0.2, 0.25) is 0 Å². The lowest BCUT2D eigenvalue weighted by atomic mass is 10.2. The SMILES string of the molecule is COc1ccc(C(O)C2=CCCO2)nn1. The van der Waals surface area contributed by atoms with Gasteiger partial charge in [-0.1, -0.05) is 0 Å². The van der Waals surface area contributed by atoms with Crippen molar-refractivity contribution in [3.05, 3.63) is 29.7 Å². The predicted octanol–water partition coefficient (Wildman–Crippen LogP) is 0.823. The van der Waals surface area contributed by atoms with Gasteiger partial charge in [-0.25, -0.2) is 0 Å². The first kappa shape index (κ1) is 9.92. The first-order chi connectivity index (χ1) is 7.31. The van der Waals surface area contributed by atoms with Gasteiger partial charge in [0.1, 0.15) is 5.76 Å². The summed E-state index contributed by atoms with van der Waals surface area (Å²) in [5, 5.41) is 17.5. The summed E-state index contributed by atoms with van der Waals surface area (Å²) < 4.78 is 10.1. The Bertz CT molecular complexity index is 361. The summed E-state index contributed by atoms with van der Waals surface area (Å²) in [6, 6.07) is 3.32. The molecular weight excluding hydrogens is 196 g/mol. The molecule has 0 saturated heterocycles. The molecule has 0 aromatic carbocycles. The molecule has 1 unspecified atom stereocenters. The van der Waals surface area contributed by atoms with Crippen molar-refractivity contribution in [1.29, 1.82) is 0 Å². The fourth-order valence-electron chi connectivity index (χ4n) is 1.36. The lowest BCUT2D eigenvalue weighted by Gasteiger charge is -2.10. The number of rotatable bonds is 3. The maximum atomic E-state index is 9.85. The highest BCUT2D eigenvalue weighted by molar-refractivity contribution is 5.19. The molecule has 0 radical (unpaired) electrons. The van der Waals surface area contributed by atoms with E-state index in [-0.39, 0.29) is 0 Å². The van der Waals surface area contributed by atoms with Crippen LogP contribution in [0.3, 0.4) is 0 Å². The van der Waals surface area contributed by atoms with E-state index in [1.165, 1.54) is 7.11 Å². The smallest absolute Gasteiger partial charge is 0.233 e. The Morgan fingerprint density at radius 1 is 1.47 bits per heavy atom. The third kappa shape index (κ3) is 2.07. The van der Waals surface area contributed by atoms with Crippen molar-refractivity contribution >= 4 is 0 Å². The van der Waals surface area contributed by atoms with Gasteiger partial charge in [0, 0.05) is 12.5 Å². The molecule has 0 amide bonds. The van der Waals surface area contributed by atoms with E-state index in [2.05, 4.69) is 10.2 Å². The van der Waals surface area contributed by atoms with E-state index in [0.717, 1.165) is 6.42 Å². The van der Waals surface area contributed by atoms with Crippen LogP contribution in [0.5, 0.6) is 5.88 Å². The van der Waals surface area contributed by atoms with Crippen molar-refractivity contribution in [2.24, 2.45) is 0 Å². The van der Waals surface area contributed by atoms with E-state index in [0.29, 0.717) is 23.9 Å². The first-order valence-electron chi connectivity index (χ1n) is 4.70. The van der Waals surface area contributed by atoms with Crippen LogP contribution in [0.15, 0.2) is 24.0 Å². The average molecular weight is 208 g/mol. The molecule has 80 valence electrons. The van der Waals surface area contributed by atoms with Crippen LogP contribution >= 0.6 is 0 Å². The van der Waals surface area contributed by atoms with Crippen molar-refractivity contribution < 1.29 is 14.6 Å². The van der Waals surface area contributed by atoms with E-state index >= 15 is 0 Å². The lowest BCUT2D eigenvalue weighted by molar-refractivity contribution is 0.115. The second-order valence-corrected chi connectivity index (χ2v) is 3.15. The molecule has 15 heavy (non-hydrogen) atoms. The molecule has 1 atom stereocenters. The minimum Gasteiger partial charge on any atom is -0.495 e. The number of aliphatic hydroxyl groups is 1. The molecule has 1 aromatic rings. The molecule has 0 aliphatic carbocycles. The number of ether oxygens (including phenoxy) is 2. The third-order valence-electron chi connectivity index (χ3n) is 2.15. The number of hydrogen-bond donors (Lipinski definition) is 1. The number of aromatic nitrogens is 2. The van der Waals surface area contributed by atoms with Gasteiger partial charge in [0.05, 0.1) is 19.4 Å². The molecule has 2 rings (SSSR count). The summed E-state index contributed by atoms with van der Waals surface area (Å²) in [5.41, 5.74) is 0.462. The molecule has 2 heterocycles. The van der Waals surface area contributed by atoms with E-state index in [4.69, 9.17) is 9.47 Å². The van der Waals surface area contributed by atoms with Gasteiger partial charge >= 0.3 is 0 Å². The number of hydrogen-bond acceptors (Lipinski definition) is 5. The van der Waals surface area contributed by atoms with Gasteiger partial charge in [-0.15, -0.1) is 10.2 Å². The highest BCUT2D eigenvalue weighted by Crippen LogP contribution is 2.24. The zero-order valence-electron chi connectivity index (χ0n) is 8.38. The Kier molecular flexibility index (Phi) is 2.82. The number of nitrogens with zero attached hydrogens (tertiary/aromatic N) is 2. The van der Waals surface area contributed by atoms with Crippen molar-refractivity contribution in [3.63, 3.8) is 0 Å². The maximum Gasteiger partial charge on any atom is 0.233 e. The van der Waals surface area contributed by atoms with Crippen molar-refractivity contribution in [3.8, 4) is 5.88 Å². The summed E-state index contributed by atoms with van der Waals surface area (Å²) >= 11 is 0. The van der Waals surface area contributed by atoms with Crippen LogP contribution in [0.1, 0.15) is 18.2 Å². The largest absolute Gasteiger partial charge is 0.495 e. The maximum absolute atomic E-state index is 9.85.